The summed E-state index contributed by atoms with van der Waals surface area (Å²) in [6, 6.07) is 61.3. The van der Waals surface area contributed by atoms with Gasteiger partial charge in [0.2, 0.25) is 30.1 Å². The average Bonchev–Trinajstić information content (AvgIpc) is 1.68. The van der Waals surface area contributed by atoms with Crippen LogP contribution in [0.25, 0.3) is 84.5 Å². The number of halogens is 1. The summed E-state index contributed by atoms with van der Waals surface area (Å²) in [5, 5.41) is 57.9. The number of methoxy groups -OCH3 is 2. The summed E-state index contributed by atoms with van der Waals surface area (Å²) in [5.74, 6) is 3.79. The van der Waals surface area contributed by atoms with Gasteiger partial charge in [0.25, 0.3) is 5.91 Å². The molecular formula is C101H94FN25O13S4. The van der Waals surface area contributed by atoms with Crippen molar-refractivity contribution in [1.29, 1.82) is 0 Å². The Morgan fingerprint density at radius 3 is 1.28 bits per heavy atom. The largest absolute Gasteiger partial charge is 0.508 e. The predicted octanol–water partition coefficient (Wildman–Crippen LogP) is 15.4. The van der Waals surface area contributed by atoms with Gasteiger partial charge in [-0.1, -0.05) is 66.7 Å². The third-order valence-corrected chi connectivity index (χ3v) is 26.1. The molecule has 1 amide bonds. The van der Waals surface area contributed by atoms with E-state index in [9.17, 15) is 49.8 Å². The van der Waals surface area contributed by atoms with Gasteiger partial charge in [-0.3, -0.25) is 31.5 Å². The SMILES string of the molecule is COc1ccc(-c2cnc3c(Nc4ccc(N5CCOCC5)cc4)nccn23)cc1OC.CS(=O)(=O)Nc1cccc(-c2cnc3c(NCc4ccc(F)cc4)nccn23)c1.Cc1cc(-c2cnc3c(NCc4ccc(S(N)(=O)=O)cc4)nccn23)ccc1O.NC(=O)c1cc(-c2cnc3c(NCc4ccc(S(N)(=O)=O)cc4)nccn23)ccc1O.Oc1cccc(-c2cnc3c(NCc4cccs4)nccn23)c1. The van der Waals surface area contributed by atoms with Crippen LogP contribution in [-0.2, 0) is 61.0 Å². The normalized spacial score (nSPS) is 12.0. The van der Waals surface area contributed by atoms with E-state index in [2.05, 4.69) is 122 Å². The second-order valence-corrected chi connectivity index (χ2v) is 38.4. The van der Waals surface area contributed by atoms with Gasteiger partial charge in [-0.05, 0) is 180 Å². The first-order valence-corrected chi connectivity index (χ1v) is 50.2. The number of hydrogen-bond donors (Lipinski definition) is 12. The maximum atomic E-state index is 13.1. The van der Waals surface area contributed by atoms with Crippen LogP contribution < -0.4 is 61.7 Å². The monoisotopic (exact) mass is 2010 g/mol. The molecule has 0 aliphatic carbocycles. The van der Waals surface area contributed by atoms with Crippen LogP contribution in [0.1, 0.15) is 37.5 Å². The molecule has 1 fully saturated rings. The van der Waals surface area contributed by atoms with Gasteiger partial charge < -0.3 is 66.7 Å². The van der Waals surface area contributed by atoms with Gasteiger partial charge in [-0.15, -0.1) is 11.3 Å². The molecule has 20 aromatic rings. The van der Waals surface area contributed by atoms with E-state index in [0.717, 1.165) is 129 Å². The van der Waals surface area contributed by atoms with Crippen LogP contribution in [0.5, 0.6) is 28.7 Å². The molecule has 1 aliphatic heterocycles. The molecule has 43 heteroatoms. The Hall–Kier alpha value is -17.5. The van der Waals surface area contributed by atoms with Crippen molar-refractivity contribution in [2.75, 3.05) is 83.0 Å². The third-order valence-electron chi connectivity index (χ3n) is 22.8. The number of hydrogen-bond acceptors (Lipinski definition) is 30. The molecule has 38 nitrogen and oxygen atoms in total. The Bertz CT molecular complexity index is 8390. The zero-order valence-electron chi connectivity index (χ0n) is 77.4. The second-order valence-electron chi connectivity index (χ2n) is 32.5. The molecule has 11 aromatic heterocycles. The molecule has 144 heavy (non-hydrogen) atoms. The molecular weight excluding hydrogens is 1920 g/mol. The van der Waals surface area contributed by atoms with Crippen LogP contribution in [0.3, 0.4) is 0 Å². The van der Waals surface area contributed by atoms with Gasteiger partial charge in [-0.25, -0.2) is 89.8 Å². The number of primary sulfonamides is 2. The topological polar surface area (TPSA) is 512 Å². The van der Waals surface area contributed by atoms with E-state index >= 15 is 0 Å². The summed E-state index contributed by atoms with van der Waals surface area (Å²) in [7, 11) is -7.55. The van der Waals surface area contributed by atoms with E-state index in [-0.39, 0.29) is 38.4 Å². The van der Waals surface area contributed by atoms with Crippen LogP contribution in [0.2, 0.25) is 0 Å². The Kier molecular flexibility index (Phi) is 29.6. The summed E-state index contributed by atoms with van der Waals surface area (Å²) < 4.78 is 110. The molecule has 0 bridgehead atoms. The van der Waals surface area contributed by atoms with Gasteiger partial charge in [0.1, 0.15) is 23.1 Å². The van der Waals surface area contributed by atoms with Gasteiger partial charge in [-0.2, -0.15) is 0 Å². The van der Waals surface area contributed by atoms with Gasteiger partial charge in [0, 0.05) is 144 Å². The molecule has 0 unspecified atom stereocenters. The number of nitrogens with one attached hydrogen (secondary N) is 6. The lowest BCUT2D eigenvalue weighted by Crippen LogP contribution is -2.36. The van der Waals surface area contributed by atoms with Crippen molar-refractivity contribution in [2.24, 2.45) is 16.0 Å². The first kappa shape index (κ1) is 98.1. The zero-order valence-corrected chi connectivity index (χ0v) is 80.7. The maximum absolute atomic E-state index is 13.1. The number of aromatic nitrogens is 15. The minimum atomic E-state index is -3.74. The number of aryl methyl sites for hydroxylation is 1. The number of thiophene rings is 1. The lowest BCUT2D eigenvalue weighted by Gasteiger charge is -2.28. The fourth-order valence-corrected chi connectivity index (χ4v) is 17.9. The Balaban J connectivity index is 0.000000124. The van der Waals surface area contributed by atoms with Crippen LogP contribution in [0.4, 0.5) is 50.5 Å². The van der Waals surface area contributed by atoms with Crippen molar-refractivity contribution < 1.29 is 64.0 Å². The van der Waals surface area contributed by atoms with E-state index in [1.165, 1.54) is 59.1 Å². The van der Waals surface area contributed by atoms with Crippen LogP contribution in [-0.4, -0.2) is 165 Å². The fraction of sp³-hybridized carbons (Fsp3) is 0.119. The van der Waals surface area contributed by atoms with Gasteiger partial charge in [0.05, 0.1) is 115 Å². The Labute approximate surface area is 828 Å². The fourth-order valence-electron chi connectivity index (χ4n) is 15.6. The summed E-state index contributed by atoms with van der Waals surface area (Å²) in [6.07, 6.45) is 27.4. The predicted molar refractivity (Wildman–Crippen MR) is 550 cm³/mol. The highest BCUT2D eigenvalue weighted by Gasteiger charge is 2.22. The van der Waals surface area contributed by atoms with Crippen molar-refractivity contribution in [1.82, 2.24) is 71.8 Å². The molecule has 15 N–H and O–H groups in total. The summed E-state index contributed by atoms with van der Waals surface area (Å²) >= 11 is 1.71. The first-order chi connectivity index (χ1) is 69.5. The minimum Gasteiger partial charge on any atom is -0.508 e. The standard InChI is InChI=1S/C24H25N5O3.C20H18FN5O2S.C20H18N6O4S.C20H19N5O3S.C17H14N4OS/c1-30-21-8-3-17(15-22(21)31-2)20-16-26-24-23(25-9-10-29(20)24)27-18-4-6-19(7-5-18)28-11-13-32-14-12-28;1-29(27,28)25-17-4-2-3-15(11-17)18-13-24-20-19(22-9-10-26(18)20)23-12-14-5-7-16(21)8-6-14;21-18(28)15-9-13(3-6-17(15)27)16-11-25-20-19(23-7-8-26(16)20)24-10-12-1-4-14(5-2-12)31(22,29)30;1-13-10-15(4-7-18(13)26)17-12-24-20-19(22-8-9-25(17)20)23-11-14-2-5-16(6-3-14)29(21,27)28;22-13-4-1-3-12(9-13)15-11-20-17-16(18-6-7-21(15)17)19-10-14-5-2-8-23-14/h3-10,15-16H,11-14H2,1-2H3,(H,25,27);2-11,13,25H,12H2,1H3,(H,22,23);1-9,11,27H,10H2,(H2,21,28)(H,23,24)(H2,22,29,30);2-10,12,26H,11H2,1H3,(H,22,23)(H2,21,27,28);1-9,11,22H,10H2,(H,18,19). The number of carbonyl (C=O) groups is 1. The number of phenols is 3. The van der Waals surface area contributed by atoms with Crippen LogP contribution >= 0.6 is 11.3 Å². The quantitative estimate of drug-likeness (QED) is 0.0227. The number of morpholine rings is 1. The van der Waals surface area contributed by atoms with Crippen LogP contribution in [0.15, 0.2) is 320 Å². The number of ether oxygens (including phenoxy) is 3. The molecule has 12 heterocycles. The number of benzene rings is 9. The number of imidazole rings is 5. The molecule has 1 aliphatic rings. The third kappa shape index (κ3) is 23.5. The number of nitrogens with zero attached hydrogens (tertiary/aromatic N) is 16. The van der Waals surface area contributed by atoms with Crippen molar-refractivity contribution in [3.8, 4) is 85.0 Å². The van der Waals surface area contributed by atoms with E-state index < -0.39 is 36.0 Å². The lowest BCUT2D eigenvalue weighted by atomic mass is 10.1. The molecule has 0 saturated carbocycles. The number of fused-ring (bicyclic) bond motifs is 5. The first-order valence-electron chi connectivity index (χ1n) is 44.3. The summed E-state index contributed by atoms with van der Waals surface area (Å²) in [6.45, 7) is 7.24. The number of primary amides is 1. The van der Waals surface area contributed by atoms with Crippen LogP contribution in [0, 0.1) is 12.7 Å². The molecule has 0 radical (unpaired) electrons. The number of rotatable bonds is 27. The highest BCUT2D eigenvalue weighted by Crippen LogP contribution is 2.37. The average molecular weight is 2010 g/mol. The second kappa shape index (κ2) is 43.5. The highest BCUT2D eigenvalue weighted by molar-refractivity contribution is 7.92. The maximum Gasteiger partial charge on any atom is 0.252 e. The molecule has 732 valence electrons. The van der Waals surface area contributed by atoms with E-state index in [1.807, 2.05) is 104 Å². The van der Waals surface area contributed by atoms with E-state index in [0.29, 0.717) is 88.3 Å². The van der Waals surface area contributed by atoms with Gasteiger partial charge >= 0.3 is 0 Å². The smallest absolute Gasteiger partial charge is 0.252 e. The number of phenolic OH excluding ortho intramolecular Hbond substituents is 2. The van der Waals surface area contributed by atoms with Crippen molar-refractivity contribution >= 4 is 122 Å². The van der Waals surface area contributed by atoms with Crippen molar-refractivity contribution in [2.45, 2.75) is 42.9 Å². The molecule has 0 atom stereocenters. The molecule has 0 spiro atoms. The lowest BCUT2D eigenvalue weighted by molar-refractivity contribution is 0.0997. The van der Waals surface area contributed by atoms with E-state index in [4.69, 9.17) is 30.2 Å². The summed E-state index contributed by atoms with van der Waals surface area (Å²) in [5.41, 5.74) is 23.2. The van der Waals surface area contributed by atoms with Gasteiger partial charge in [0.15, 0.2) is 68.8 Å². The Morgan fingerprint density at radius 2 is 0.847 bits per heavy atom. The highest BCUT2D eigenvalue weighted by atomic mass is 32.2. The van der Waals surface area contributed by atoms with Crippen molar-refractivity contribution in [3.05, 3.63) is 349 Å². The summed E-state index contributed by atoms with van der Waals surface area (Å²) in [4.78, 5) is 59.6. The Morgan fingerprint density at radius 1 is 0.438 bits per heavy atom. The molecule has 9 aromatic carbocycles. The van der Waals surface area contributed by atoms with E-state index in [1.54, 1.807) is 177 Å². The minimum absolute atomic E-state index is 0.0165. The number of carbonyl (C=O) groups excluding carboxylic acids is 1. The number of sulfonamides is 3. The molecule has 1 saturated heterocycles. The van der Waals surface area contributed by atoms with Crippen molar-refractivity contribution in [3.63, 3.8) is 0 Å². The number of aromatic hydroxyl groups is 3. The zero-order chi connectivity index (χ0) is 101. The number of anilines is 8. The number of nitrogens with two attached hydrogens (primary N) is 3. The number of amides is 1. The molecule has 21 rings (SSSR count).